The van der Waals surface area contributed by atoms with Gasteiger partial charge in [0.1, 0.15) is 5.82 Å². The van der Waals surface area contributed by atoms with E-state index in [9.17, 15) is 4.39 Å². The number of nitrogens with one attached hydrogen (secondary N) is 1. The highest BCUT2D eigenvalue weighted by atomic mass is 35.5. The van der Waals surface area contributed by atoms with Crippen molar-refractivity contribution in [2.24, 2.45) is 0 Å². The zero-order chi connectivity index (χ0) is 9.97. The highest BCUT2D eigenvalue weighted by molar-refractivity contribution is 6.30. The lowest BCUT2D eigenvalue weighted by molar-refractivity contribution is 0.412. The molecule has 0 aromatic heterocycles. The van der Waals surface area contributed by atoms with Crippen molar-refractivity contribution in [2.45, 2.75) is 25.3 Å². The van der Waals surface area contributed by atoms with Crippen LogP contribution in [0.25, 0.3) is 0 Å². The van der Waals surface area contributed by atoms with Crippen molar-refractivity contribution in [3.8, 4) is 0 Å². The molecule has 0 saturated carbocycles. The molecule has 1 saturated heterocycles. The van der Waals surface area contributed by atoms with Crippen LogP contribution in [0, 0.1) is 5.82 Å². The third-order valence-corrected chi connectivity index (χ3v) is 2.95. The van der Waals surface area contributed by atoms with Crippen LogP contribution in [0.2, 0.25) is 5.02 Å². The van der Waals surface area contributed by atoms with Crippen LogP contribution < -0.4 is 5.32 Å². The normalized spacial score (nSPS) is 20.8. The van der Waals surface area contributed by atoms with Crippen LogP contribution in [0.3, 0.4) is 0 Å². The Morgan fingerprint density at radius 1 is 1.33 bits per heavy atom. The molecule has 1 aromatic carbocycles. The average molecular weight is 250 g/mol. The molecule has 1 aliphatic rings. The first kappa shape index (κ1) is 12.8. The molecule has 0 radical (unpaired) electrons. The molecule has 1 fully saturated rings. The molecule has 0 aliphatic carbocycles. The predicted octanol–water partition coefficient (Wildman–Crippen LogP) is 3.72. The third-order valence-electron chi connectivity index (χ3n) is 2.66. The summed E-state index contributed by atoms with van der Waals surface area (Å²) in [6, 6.07) is 5.32. The first-order chi connectivity index (χ1) is 6.77. The summed E-state index contributed by atoms with van der Waals surface area (Å²) in [6.07, 6.45) is 3.57. The molecule has 1 heterocycles. The van der Waals surface area contributed by atoms with Gasteiger partial charge in [-0.15, -0.1) is 12.4 Å². The summed E-state index contributed by atoms with van der Waals surface area (Å²) in [4.78, 5) is 0. The first-order valence-electron chi connectivity index (χ1n) is 4.96. The fourth-order valence-electron chi connectivity index (χ4n) is 1.87. The monoisotopic (exact) mass is 249 g/mol. The van der Waals surface area contributed by atoms with E-state index in [1.54, 1.807) is 6.07 Å². The number of rotatable bonds is 1. The van der Waals surface area contributed by atoms with Crippen molar-refractivity contribution in [1.29, 1.82) is 0 Å². The minimum Gasteiger partial charge on any atom is -0.310 e. The second kappa shape index (κ2) is 5.69. The molecule has 0 spiro atoms. The van der Waals surface area contributed by atoms with E-state index in [2.05, 4.69) is 5.32 Å². The molecule has 1 N–H and O–H groups in total. The molecule has 15 heavy (non-hydrogen) atoms. The Bertz CT molecular complexity index is 324. The van der Waals surface area contributed by atoms with Gasteiger partial charge in [-0.1, -0.05) is 24.1 Å². The van der Waals surface area contributed by atoms with Crippen molar-refractivity contribution in [2.75, 3.05) is 6.54 Å². The van der Waals surface area contributed by atoms with Gasteiger partial charge >= 0.3 is 0 Å². The van der Waals surface area contributed by atoms with Crippen molar-refractivity contribution < 1.29 is 4.39 Å². The Balaban J connectivity index is 0.00000112. The van der Waals surface area contributed by atoms with Gasteiger partial charge in [0.2, 0.25) is 0 Å². The van der Waals surface area contributed by atoms with Crippen LogP contribution in [0.15, 0.2) is 18.2 Å². The zero-order valence-electron chi connectivity index (χ0n) is 8.30. The van der Waals surface area contributed by atoms with E-state index in [0.717, 1.165) is 18.5 Å². The quantitative estimate of drug-likeness (QED) is 0.801. The summed E-state index contributed by atoms with van der Waals surface area (Å²) in [5.41, 5.74) is 1.09. The Morgan fingerprint density at radius 3 is 2.73 bits per heavy atom. The van der Waals surface area contributed by atoms with Crippen LogP contribution >= 0.6 is 24.0 Å². The summed E-state index contributed by atoms with van der Waals surface area (Å²) in [6.45, 7) is 1.04. The maximum Gasteiger partial charge on any atom is 0.141 e. The van der Waals surface area contributed by atoms with Crippen LogP contribution in [0.5, 0.6) is 0 Å². The Kier molecular flexibility index (Phi) is 4.84. The van der Waals surface area contributed by atoms with Crippen molar-refractivity contribution in [3.05, 3.63) is 34.6 Å². The summed E-state index contributed by atoms with van der Waals surface area (Å²) < 4.78 is 12.9. The van der Waals surface area contributed by atoms with E-state index in [4.69, 9.17) is 11.6 Å². The fraction of sp³-hybridized carbons (Fsp3) is 0.455. The molecule has 1 atom stereocenters. The number of benzene rings is 1. The fourth-order valence-corrected chi connectivity index (χ4v) is 2.05. The minimum atomic E-state index is -0.341. The first-order valence-corrected chi connectivity index (χ1v) is 5.33. The molecular formula is C11H14Cl2FN. The van der Waals surface area contributed by atoms with E-state index >= 15 is 0 Å². The second-order valence-corrected chi connectivity index (χ2v) is 4.08. The Morgan fingerprint density at radius 2 is 2.13 bits per heavy atom. The number of hydrogen-bond donors (Lipinski definition) is 1. The predicted molar refractivity (Wildman–Crippen MR) is 63.3 cm³/mol. The summed E-state index contributed by atoms with van der Waals surface area (Å²) in [5.74, 6) is -0.341. The number of hydrogen-bond acceptors (Lipinski definition) is 1. The largest absolute Gasteiger partial charge is 0.310 e. The molecule has 1 aliphatic heterocycles. The summed E-state index contributed by atoms with van der Waals surface area (Å²) >= 11 is 5.73. The lowest BCUT2D eigenvalue weighted by atomic mass is 9.98. The maximum atomic E-state index is 12.9. The van der Waals surface area contributed by atoms with Crippen molar-refractivity contribution >= 4 is 24.0 Å². The maximum absolute atomic E-state index is 12.9. The highest BCUT2D eigenvalue weighted by Gasteiger charge is 2.15. The Hall–Kier alpha value is -0.310. The van der Waals surface area contributed by atoms with E-state index in [-0.39, 0.29) is 23.2 Å². The van der Waals surface area contributed by atoms with Gasteiger partial charge in [-0.05, 0) is 37.1 Å². The smallest absolute Gasteiger partial charge is 0.141 e. The topological polar surface area (TPSA) is 12.0 Å². The lowest BCUT2D eigenvalue weighted by Gasteiger charge is -2.23. The van der Waals surface area contributed by atoms with E-state index in [1.165, 1.54) is 18.9 Å². The third kappa shape index (κ3) is 3.07. The van der Waals surface area contributed by atoms with Crippen LogP contribution in [0.4, 0.5) is 4.39 Å². The molecule has 1 unspecified atom stereocenters. The molecule has 4 heteroatoms. The van der Waals surface area contributed by atoms with Gasteiger partial charge in [-0.3, -0.25) is 0 Å². The molecular weight excluding hydrogens is 236 g/mol. The summed E-state index contributed by atoms with van der Waals surface area (Å²) in [7, 11) is 0. The van der Waals surface area contributed by atoms with Gasteiger partial charge in [0, 0.05) is 6.04 Å². The number of piperidine rings is 1. The molecule has 1 aromatic rings. The van der Waals surface area contributed by atoms with Gasteiger partial charge in [-0.25, -0.2) is 4.39 Å². The van der Waals surface area contributed by atoms with Gasteiger partial charge in [0.15, 0.2) is 0 Å². The summed E-state index contributed by atoms with van der Waals surface area (Å²) in [5, 5.41) is 3.62. The molecule has 0 amide bonds. The van der Waals surface area contributed by atoms with E-state index in [1.807, 2.05) is 6.07 Å². The standard InChI is InChI=1S/C11H13ClFN.ClH/c12-9-7-8(4-5-10(9)13)11-3-1-2-6-14-11;/h4-5,7,11,14H,1-3,6H2;1H. The Labute approximate surface area is 100 Å². The van der Waals surface area contributed by atoms with E-state index in [0.29, 0.717) is 6.04 Å². The van der Waals surface area contributed by atoms with Gasteiger partial charge in [0.05, 0.1) is 5.02 Å². The van der Waals surface area contributed by atoms with E-state index < -0.39 is 0 Å². The molecule has 84 valence electrons. The van der Waals surface area contributed by atoms with Gasteiger partial charge in [0.25, 0.3) is 0 Å². The van der Waals surface area contributed by atoms with Crippen LogP contribution in [0.1, 0.15) is 30.9 Å². The van der Waals surface area contributed by atoms with Gasteiger partial charge in [-0.2, -0.15) is 0 Å². The molecule has 2 rings (SSSR count). The van der Waals surface area contributed by atoms with Crippen molar-refractivity contribution in [1.82, 2.24) is 5.32 Å². The minimum absolute atomic E-state index is 0. The van der Waals surface area contributed by atoms with Crippen molar-refractivity contribution in [3.63, 3.8) is 0 Å². The van der Waals surface area contributed by atoms with Gasteiger partial charge < -0.3 is 5.32 Å². The SMILES string of the molecule is Cl.Fc1ccc(C2CCCCN2)cc1Cl. The van der Waals surface area contributed by atoms with Crippen LogP contribution in [-0.4, -0.2) is 6.54 Å². The lowest BCUT2D eigenvalue weighted by Crippen LogP contribution is -2.26. The number of halogens is 3. The zero-order valence-corrected chi connectivity index (χ0v) is 9.87. The second-order valence-electron chi connectivity index (χ2n) is 3.68. The average Bonchev–Trinajstić information content (AvgIpc) is 2.23. The molecule has 0 bridgehead atoms. The molecule has 1 nitrogen and oxygen atoms in total. The van der Waals surface area contributed by atoms with Crippen LogP contribution in [-0.2, 0) is 0 Å². The highest BCUT2D eigenvalue weighted by Crippen LogP contribution is 2.26.